The maximum Gasteiger partial charge on any atom is -0.00197 e. The van der Waals surface area contributed by atoms with Crippen LogP contribution in [0.5, 0.6) is 0 Å². The average molecular weight is 753 g/mol. The van der Waals surface area contributed by atoms with Gasteiger partial charge in [0.2, 0.25) is 0 Å². The molecule has 14 aromatic rings. The summed E-state index contributed by atoms with van der Waals surface area (Å²) in [6.07, 6.45) is 0. The van der Waals surface area contributed by atoms with Gasteiger partial charge in [0.05, 0.1) is 0 Å². The van der Waals surface area contributed by atoms with Crippen LogP contribution < -0.4 is 0 Å². The van der Waals surface area contributed by atoms with Crippen molar-refractivity contribution in [3.63, 3.8) is 0 Å². The maximum atomic E-state index is 2.57. The molecule has 14 aromatic carbocycles. The minimum atomic E-state index is 1.28. The highest BCUT2D eigenvalue weighted by Gasteiger charge is 2.28. The molecule has 1 aliphatic carbocycles. The van der Waals surface area contributed by atoms with Gasteiger partial charge in [-0.3, -0.25) is 0 Å². The quantitative estimate of drug-likeness (QED) is 0.122. The fourth-order valence-corrected chi connectivity index (χ4v) is 11.8. The van der Waals surface area contributed by atoms with E-state index >= 15 is 0 Å². The number of hydrogen-bond acceptors (Lipinski definition) is 0. The summed E-state index contributed by atoms with van der Waals surface area (Å²) in [5, 5.41) is 26.1. The first-order valence-corrected chi connectivity index (χ1v) is 21.1. The smallest absolute Gasteiger partial charge is 0.00197 e. The van der Waals surface area contributed by atoms with Gasteiger partial charge in [0.1, 0.15) is 0 Å². The van der Waals surface area contributed by atoms with Crippen LogP contribution in [0.3, 0.4) is 0 Å². The van der Waals surface area contributed by atoms with E-state index < -0.39 is 0 Å². The monoisotopic (exact) mass is 752 g/mol. The molecule has 0 bridgehead atoms. The normalized spacial score (nSPS) is 12.7. The van der Waals surface area contributed by atoms with Crippen molar-refractivity contribution in [2.75, 3.05) is 0 Å². The van der Waals surface area contributed by atoms with Crippen LogP contribution in [0.4, 0.5) is 0 Å². The van der Waals surface area contributed by atoms with Gasteiger partial charge in [0.25, 0.3) is 0 Å². The lowest BCUT2D eigenvalue weighted by Crippen LogP contribution is -1.95. The first-order valence-electron chi connectivity index (χ1n) is 21.1. The Balaban J connectivity index is 1.18. The number of fused-ring (bicyclic) bond motifs is 7. The van der Waals surface area contributed by atoms with Gasteiger partial charge in [-0.2, -0.15) is 0 Å². The molecular weight excluding hydrogens is 721 g/mol. The number of rotatable bonds is 2. The molecule has 0 fully saturated rings. The minimum absolute atomic E-state index is 1.28. The highest BCUT2D eigenvalue weighted by Crippen LogP contribution is 2.55. The predicted octanol–water partition coefficient (Wildman–Crippen LogP) is 17.1. The van der Waals surface area contributed by atoms with Crippen LogP contribution in [0.25, 0.3) is 152 Å². The molecule has 0 nitrogen and oxygen atoms in total. The van der Waals surface area contributed by atoms with E-state index in [-0.39, 0.29) is 0 Å². The van der Waals surface area contributed by atoms with Gasteiger partial charge >= 0.3 is 0 Å². The summed E-state index contributed by atoms with van der Waals surface area (Å²) in [5.41, 5.74) is 10.5. The first kappa shape index (κ1) is 31.2. The highest BCUT2D eigenvalue weighted by molar-refractivity contribution is 6.35. The van der Waals surface area contributed by atoms with Crippen molar-refractivity contribution >= 4 is 108 Å². The molecule has 0 N–H and O–H groups in total. The second-order valence-electron chi connectivity index (χ2n) is 17.1. The van der Waals surface area contributed by atoms with Gasteiger partial charge in [-0.15, -0.1) is 0 Å². The zero-order valence-electron chi connectivity index (χ0n) is 32.5. The largest absolute Gasteiger partial charge is 0.0616 e. The van der Waals surface area contributed by atoms with E-state index in [9.17, 15) is 0 Å². The molecule has 0 heteroatoms. The van der Waals surface area contributed by atoms with Crippen LogP contribution in [0, 0.1) is 0 Å². The maximum absolute atomic E-state index is 2.57. The Labute approximate surface area is 344 Å². The highest BCUT2D eigenvalue weighted by atomic mass is 14.3. The SMILES string of the molecule is c1ccc2c(c1)cc1c3c(cccc32)-c2cc3c(-c4cc5cccc6ccc7cccc4c7c65)c4ccccc4c(-c4cc5cccc6ccc7cccc4c7c65)c3cc2-1. The Bertz CT molecular complexity index is 4220. The van der Waals surface area contributed by atoms with Gasteiger partial charge < -0.3 is 0 Å². The van der Waals surface area contributed by atoms with Crippen LogP contribution in [-0.4, -0.2) is 0 Å². The van der Waals surface area contributed by atoms with E-state index in [1.807, 2.05) is 0 Å². The minimum Gasteiger partial charge on any atom is -0.0616 e. The van der Waals surface area contributed by atoms with Crippen molar-refractivity contribution in [1.29, 1.82) is 0 Å². The third-order valence-electron chi connectivity index (χ3n) is 14.2. The molecular formula is C60H32. The molecule has 0 heterocycles. The van der Waals surface area contributed by atoms with Crippen molar-refractivity contribution in [3.05, 3.63) is 194 Å². The Hall–Kier alpha value is -7.80. The lowest BCUT2D eigenvalue weighted by molar-refractivity contribution is 1.70. The van der Waals surface area contributed by atoms with E-state index in [0.29, 0.717) is 0 Å². The molecule has 0 aliphatic heterocycles. The third kappa shape index (κ3) is 3.83. The Morgan fingerprint density at radius 3 is 1.15 bits per heavy atom. The zero-order chi connectivity index (χ0) is 38.8. The van der Waals surface area contributed by atoms with E-state index in [4.69, 9.17) is 0 Å². The molecule has 0 spiro atoms. The Kier molecular flexibility index (Phi) is 5.74. The molecule has 0 unspecified atom stereocenters. The van der Waals surface area contributed by atoms with Crippen LogP contribution in [-0.2, 0) is 0 Å². The molecule has 0 atom stereocenters. The second-order valence-corrected chi connectivity index (χ2v) is 17.1. The predicted molar refractivity (Wildman–Crippen MR) is 259 cm³/mol. The molecule has 15 rings (SSSR count). The average Bonchev–Trinajstić information content (AvgIpc) is 3.61. The molecule has 1 aliphatic rings. The summed E-state index contributed by atoms with van der Waals surface area (Å²) in [6.45, 7) is 0. The van der Waals surface area contributed by atoms with Gasteiger partial charge in [-0.25, -0.2) is 0 Å². The van der Waals surface area contributed by atoms with E-state index in [0.717, 1.165) is 0 Å². The summed E-state index contributed by atoms with van der Waals surface area (Å²) < 4.78 is 0. The number of benzene rings is 14. The van der Waals surface area contributed by atoms with Gasteiger partial charge in [0.15, 0.2) is 0 Å². The second kappa shape index (κ2) is 11.0. The first-order chi connectivity index (χ1) is 29.8. The summed E-state index contributed by atoms with van der Waals surface area (Å²) in [5.74, 6) is 0. The van der Waals surface area contributed by atoms with E-state index in [1.165, 1.54) is 152 Å². The van der Waals surface area contributed by atoms with Crippen molar-refractivity contribution in [2.24, 2.45) is 0 Å². The zero-order valence-corrected chi connectivity index (χ0v) is 32.5. The number of hydrogen-bond donors (Lipinski definition) is 0. The standard InChI is InChI=1S/C60H32/c1-2-17-40-37(10-1)28-51-48-32-53-52(31-47(48)44-23-9-22-41(40)58(44)51)59(49-29-38-15-5-11-33-24-26-35-13-7-20-45(49)56(35)54(33)38)42-18-3-4-19-43(42)60(53)50-30-39-16-6-12-34-25-27-36-14-8-21-46(50)57(36)55(34)39/h1-32H. The van der Waals surface area contributed by atoms with Gasteiger partial charge in [0, 0.05) is 0 Å². The van der Waals surface area contributed by atoms with E-state index in [1.54, 1.807) is 0 Å². The third-order valence-corrected chi connectivity index (χ3v) is 14.2. The Morgan fingerprint density at radius 2 is 0.567 bits per heavy atom. The summed E-state index contributed by atoms with van der Waals surface area (Å²) >= 11 is 0. The van der Waals surface area contributed by atoms with Crippen molar-refractivity contribution in [3.8, 4) is 44.5 Å². The van der Waals surface area contributed by atoms with Crippen LogP contribution >= 0.6 is 0 Å². The van der Waals surface area contributed by atoms with Crippen molar-refractivity contribution < 1.29 is 0 Å². The lowest BCUT2D eigenvalue weighted by atomic mass is 9.80. The van der Waals surface area contributed by atoms with Crippen molar-refractivity contribution in [1.82, 2.24) is 0 Å². The van der Waals surface area contributed by atoms with Crippen LogP contribution in [0.1, 0.15) is 0 Å². The van der Waals surface area contributed by atoms with Gasteiger partial charge in [-0.05, 0) is 183 Å². The molecule has 272 valence electrons. The van der Waals surface area contributed by atoms with Crippen LogP contribution in [0.2, 0.25) is 0 Å². The summed E-state index contributed by atoms with van der Waals surface area (Å²) in [6, 6.07) is 74.1. The van der Waals surface area contributed by atoms with E-state index in [2.05, 4.69) is 194 Å². The summed E-state index contributed by atoms with van der Waals surface area (Å²) in [7, 11) is 0. The molecule has 0 aromatic heterocycles. The Morgan fingerprint density at radius 1 is 0.167 bits per heavy atom. The fourth-order valence-electron chi connectivity index (χ4n) is 11.8. The lowest BCUT2D eigenvalue weighted by Gasteiger charge is -2.23. The van der Waals surface area contributed by atoms with Crippen LogP contribution in [0.15, 0.2) is 194 Å². The van der Waals surface area contributed by atoms with Crippen molar-refractivity contribution in [2.45, 2.75) is 0 Å². The van der Waals surface area contributed by atoms with Gasteiger partial charge in [-0.1, -0.05) is 164 Å². The molecule has 0 saturated heterocycles. The molecule has 0 saturated carbocycles. The summed E-state index contributed by atoms with van der Waals surface area (Å²) in [4.78, 5) is 0. The molecule has 60 heavy (non-hydrogen) atoms. The topological polar surface area (TPSA) is 0 Å². The fraction of sp³-hybridized carbons (Fsp3) is 0. The molecule has 0 radical (unpaired) electrons. The molecule has 0 amide bonds.